The predicted molar refractivity (Wildman–Crippen MR) is 70.7 cm³/mol. The Balaban J connectivity index is 3.27. The average Bonchev–Trinajstić information content (AvgIpc) is 2.14. The first-order chi connectivity index (χ1) is 8.05. The van der Waals surface area contributed by atoms with Gasteiger partial charge in [-0.15, -0.1) is 0 Å². The van der Waals surface area contributed by atoms with Crippen molar-refractivity contribution in [3.63, 3.8) is 0 Å². The third kappa shape index (κ3) is 3.22. The summed E-state index contributed by atoms with van der Waals surface area (Å²) < 4.78 is 14.2. The summed E-state index contributed by atoms with van der Waals surface area (Å²) in [5.74, 6) is -0.912. The van der Waals surface area contributed by atoms with Crippen LogP contribution in [0.2, 0.25) is 5.02 Å². The summed E-state index contributed by atoms with van der Waals surface area (Å²) in [5, 5.41) is 9.47. The lowest BCUT2D eigenvalue weighted by Gasteiger charge is -2.25. The zero-order valence-electron chi connectivity index (χ0n) is 11.1. The zero-order valence-corrected chi connectivity index (χ0v) is 11.8. The van der Waals surface area contributed by atoms with Crippen LogP contribution in [-0.4, -0.2) is 11.1 Å². The Morgan fingerprint density at radius 3 is 2.33 bits per heavy atom. The highest BCUT2D eigenvalue weighted by atomic mass is 35.5. The molecule has 0 bridgehead atoms. The van der Waals surface area contributed by atoms with Gasteiger partial charge in [-0.25, -0.2) is 4.39 Å². The molecule has 0 saturated heterocycles. The molecule has 0 atom stereocenters. The van der Waals surface area contributed by atoms with E-state index in [-0.39, 0.29) is 6.42 Å². The lowest BCUT2D eigenvalue weighted by molar-refractivity contribution is -0.146. The van der Waals surface area contributed by atoms with Crippen LogP contribution in [0.15, 0.2) is 18.2 Å². The van der Waals surface area contributed by atoms with Gasteiger partial charge in [0.2, 0.25) is 0 Å². The van der Waals surface area contributed by atoms with E-state index in [1.807, 2.05) is 0 Å². The second-order valence-electron chi connectivity index (χ2n) is 5.61. The van der Waals surface area contributed by atoms with Gasteiger partial charge in [0.1, 0.15) is 5.67 Å². The molecule has 0 spiro atoms. The summed E-state index contributed by atoms with van der Waals surface area (Å²) in [6.45, 7) is 6.08. The van der Waals surface area contributed by atoms with Crippen LogP contribution in [0, 0.1) is 5.41 Å². The van der Waals surface area contributed by atoms with Gasteiger partial charge in [0.25, 0.3) is 0 Å². The molecule has 1 aromatic rings. The van der Waals surface area contributed by atoms with Crippen molar-refractivity contribution in [1.82, 2.24) is 0 Å². The fraction of sp³-hybridized carbons (Fsp3) is 0.500. The number of hydrogen-bond acceptors (Lipinski definition) is 1. The normalized spacial score (nSPS) is 12.6. The first kappa shape index (κ1) is 15.0. The van der Waals surface area contributed by atoms with Crippen molar-refractivity contribution in [1.29, 1.82) is 0 Å². The zero-order chi connectivity index (χ0) is 14.1. The van der Waals surface area contributed by atoms with Crippen molar-refractivity contribution in [3.05, 3.63) is 34.3 Å². The van der Waals surface area contributed by atoms with Crippen molar-refractivity contribution >= 4 is 17.6 Å². The molecule has 0 aliphatic rings. The van der Waals surface area contributed by atoms with E-state index in [0.29, 0.717) is 16.1 Å². The van der Waals surface area contributed by atoms with E-state index in [9.17, 15) is 9.18 Å². The number of carboxylic acids is 1. The van der Waals surface area contributed by atoms with Gasteiger partial charge in [0.05, 0.1) is 5.41 Å². The summed E-state index contributed by atoms with van der Waals surface area (Å²) >= 11 is 6.04. The molecule has 0 aliphatic heterocycles. The number of rotatable bonds is 4. The van der Waals surface area contributed by atoms with E-state index < -0.39 is 17.1 Å². The summed E-state index contributed by atoms with van der Waals surface area (Å²) in [7, 11) is 0. The Bertz CT molecular complexity index is 461. The van der Waals surface area contributed by atoms with E-state index in [2.05, 4.69) is 0 Å². The maximum Gasteiger partial charge on any atom is 0.309 e. The van der Waals surface area contributed by atoms with Crippen LogP contribution in [0.5, 0.6) is 0 Å². The van der Waals surface area contributed by atoms with Crippen molar-refractivity contribution in [2.45, 2.75) is 39.8 Å². The molecule has 100 valence electrons. The topological polar surface area (TPSA) is 37.3 Å². The molecule has 0 aliphatic carbocycles. The second-order valence-corrected chi connectivity index (χ2v) is 6.02. The molecule has 0 amide bonds. The van der Waals surface area contributed by atoms with Crippen LogP contribution in [0.25, 0.3) is 0 Å². The highest BCUT2D eigenvalue weighted by Crippen LogP contribution is 2.36. The van der Waals surface area contributed by atoms with Crippen LogP contribution < -0.4 is 0 Å². The number of carbonyl (C=O) groups is 1. The lowest BCUT2D eigenvalue weighted by Crippen LogP contribution is -2.27. The number of aliphatic carboxylic acids is 1. The fourth-order valence-corrected chi connectivity index (χ4v) is 2.35. The molecule has 0 radical (unpaired) electrons. The van der Waals surface area contributed by atoms with Gasteiger partial charge in [-0.05, 0) is 45.7 Å². The third-order valence-corrected chi connectivity index (χ3v) is 3.22. The van der Waals surface area contributed by atoms with Gasteiger partial charge in [-0.2, -0.15) is 0 Å². The Kier molecular flexibility index (Phi) is 4.06. The van der Waals surface area contributed by atoms with Crippen LogP contribution in [0.4, 0.5) is 4.39 Å². The highest BCUT2D eigenvalue weighted by Gasteiger charge is 2.32. The maximum absolute atomic E-state index is 14.2. The molecule has 4 heteroatoms. The number of halogens is 2. The van der Waals surface area contributed by atoms with Gasteiger partial charge >= 0.3 is 5.97 Å². The van der Waals surface area contributed by atoms with Crippen molar-refractivity contribution in [2.24, 2.45) is 5.41 Å². The molecule has 2 nitrogen and oxygen atoms in total. The number of benzene rings is 1. The number of carboxylic acid groups (broad SMARTS) is 1. The average molecular weight is 273 g/mol. The largest absolute Gasteiger partial charge is 0.481 e. The van der Waals surface area contributed by atoms with E-state index >= 15 is 0 Å². The molecule has 0 unspecified atom stereocenters. The minimum atomic E-state index is -1.59. The van der Waals surface area contributed by atoms with Crippen LogP contribution in [0.3, 0.4) is 0 Å². The highest BCUT2D eigenvalue weighted by molar-refractivity contribution is 6.31. The quantitative estimate of drug-likeness (QED) is 0.892. The molecular weight excluding hydrogens is 255 g/mol. The SMILES string of the molecule is CC(C)(Cc1cccc(Cl)c1C(C)(C)F)C(=O)O. The number of hydrogen-bond donors (Lipinski definition) is 1. The summed E-state index contributed by atoms with van der Waals surface area (Å²) in [4.78, 5) is 11.1. The third-order valence-electron chi connectivity index (χ3n) is 2.91. The predicted octanol–water partition coefficient (Wildman–Crippen LogP) is 4.20. The number of alkyl halides is 1. The fourth-order valence-electron chi connectivity index (χ4n) is 1.93. The molecule has 0 fully saturated rings. The molecule has 1 aromatic carbocycles. The molecule has 1 N–H and O–H groups in total. The lowest BCUT2D eigenvalue weighted by atomic mass is 9.82. The van der Waals surface area contributed by atoms with Crippen molar-refractivity contribution in [2.75, 3.05) is 0 Å². The Labute approximate surface area is 112 Å². The van der Waals surface area contributed by atoms with E-state index in [4.69, 9.17) is 16.7 Å². The molecule has 0 saturated carbocycles. The van der Waals surface area contributed by atoms with Gasteiger partial charge in [-0.1, -0.05) is 23.7 Å². The van der Waals surface area contributed by atoms with Crippen LogP contribution in [-0.2, 0) is 16.9 Å². The molecule has 1 rings (SSSR count). The van der Waals surface area contributed by atoms with Gasteiger partial charge in [0, 0.05) is 10.6 Å². The van der Waals surface area contributed by atoms with Crippen LogP contribution in [0.1, 0.15) is 38.8 Å². The van der Waals surface area contributed by atoms with Gasteiger partial charge < -0.3 is 5.11 Å². The van der Waals surface area contributed by atoms with E-state index in [0.717, 1.165) is 0 Å². The molecular formula is C14H18ClFO2. The molecule has 0 heterocycles. The standard InChI is InChI=1S/C14H18ClFO2/c1-13(2,12(17)18)8-9-6-5-7-10(15)11(9)14(3,4)16/h5-7H,8H2,1-4H3,(H,17,18). The Morgan fingerprint density at radius 2 is 1.89 bits per heavy atom. The molecule has 0 aromatic heterocycles. The van der Waals surface area contributed by atoms with Crippen LogP contribution >= 0.6 is 11.6 Å². The summed E-state index contributed by atoms with van der Waals surface area (Å²) in [6, 6.07) is 5.06. The maximum atomic E-state index is 14.2. The second kappa shape index (κ2) is 4.88. The summed E-state index contributed by atoms with van der Waals surface area (Å²) in [6.07, 6.45) is 0.242. The van der Waals surface area contributed by atoms with Crippen molar-refractivity contribution < 1.29 is 14.3 Å². The smallest absolute Gasteiger partial charge is 0.309 e. The molecule has 18 heavy (non-hydrogen) atoms. The van der Waals surface area contributed by atoms with Crippen molar-refractivity contribution in [3.8, 4) is 0 Å². The monoisotopic (exact) mass is 272 g/mol. The van der Waals surface area contributed by atoms with E-state index in [1.54, 1.807) is 32.0 Å². The Morgan fingerprint density at radius 1 is 1.33 bits per heavy atom. The Hall–Kier alpha value is -1.09. The first-order valence-electron chi connectivity index (χ1n) is 5.76. The van der Waals surface area contributed by atoms with Gasteiger partial charge in [-0.3, -0.25) is 4.79 Å². The minimum Gasteiger partial charge on any atom is -0.481 e. The van der Waals surface area contributed by atoms with E-state index in [1.165, 1.54) is 13.8 Å². The first-order valence-corrected chi connectivity index (χ1v) is 6.13. The summed E-state index contributed by atoms with van der Waals surface area (Å²) in [5.41, 5.74) is -1.53. The van der Waals surface area contributed by atoms with Gasteiger partial charge in [0.15, 0.2) is 0 Å². The minimum absolute atomic E-state index is 0.242.